The summed E-state index contributed by atoms with van der Waals surface area (Å²) in [6.07, 6.45) is 3.56. The Morgan fingerprint density at radius 2 is 1.04 bits per heavy atom. The van der Waals surface area contributed by atoms with Crippen LogP contribution in [0.2, 0.25) is 0 Å². The van der Waals surface area contributed by atoms with Crippen molar-refractivity contribution in [1.82, 2.24) is 19.9 Å². The fraction of sp³-hybridized carbons (Fsp3) is 0. The average molecular weight is 577 g/mol. The molecule has 0 radical (unpaired) electrons. The molecule has 5 heteroatoms. The van der Waals surface area contributed by atoms with Crippen LogP contribution < -0.4 is 0 Å². The Morgan fingerprint density at radius 3 is 1.80 bits per heavy atom. The Kier molecular flexibility index (Phi) is 5.74. The molecule has 6 aromatic carbocycles. The number of aromatic nitrogens is 4. The lowest BCUT2D eigenvalue weighted by molar-refractivity contribution is 0.667. The smallest absolute Gasteiger partial charge is 0.164 e. The maximum Gasteiger partial charge on any atom is 0.164 e. The van der Waals surface area contributed by atoms with E-state index in [4.69, 9.17) is 19.4 Å². The zero-order valence-corrected chi connectivity index (χ0v) is 24.1. The first kappa shape index (κ1) is 25.3. The summed E-state index contributed by atoms with van der Waals surface area (Å²) in [5, 5.41) is 6.59. The highest BCUT2D eigenvalue weighted by molar-refractivity contribution is 6.13. The predicted octanol–water partition coefficient (Wildman–Crippen LogP) is 10.1. The van der Waals surface area contributed by atoms with Crippen molar-refractivity contribution in [3.05, 3.63) is 146 Å². The van der Waals surface area contributed by atoms with Crippen LogP contribution in [0.5, 0.6) is 0 Å². The normalized spacial score (nSPS) is 11.6. The topological polar surface area (TPSA) is 64.7 Å². The van der Waals surface area contributed by atoms with Gasteiger partial charge in [-0.15, -0.1) is 0 Å². The van der Waals surface area contributed by atoms with Gasteiger partial charge in [0.1, 0.15) is 5.58 Å². The Bertz CT molecular complexity index is 2550. The van der Waals surface area contributed by atoms with E-state index in [1.54, 1.807) is 12.4 Å². The summed E-state index contributed by atoms with van der Waals surface area (Å²) in [7, 11) is 0. The first-order valence-corrected chi connectivity index (χ1v) is 14.9. The Hall–Kier alpha value is -6.20. The van der Waals surface area contributed by atoms with Crippen LogP contribution in [0, 0.1) is 0 Å². The van der Waals surface area contributed by atoms with Crippen LogP contribution in [-0.2, 0) is 0 Å². The highest BCUT2D eigenvalue weighted by atomic mass is 16.3. The molecular weight excluding hydrogens is 552 g/mol. The molecule has 5 nitrogen and oxygen atoms in total. The SMILES string of the molecule is c1ccc(-c2nc(-c3ccc4ccccc4c3)nc(-c3cc(-c4ccc5ccccc5c4)cc4oc5cnccc5c34)n2)cc1. The van der Waals surface area contributed by atoms with Gasteiger partial charge in [-0.2, -0.15) is 0 Å². The van der Waals surface area contributed by atoms with Gasteiger partial charge in [0.2, 0.25) is 0 Å². The van der Waals surface area contributed by atoms with Gasteiger partial charge in [-0.05, 0) is 63.0 Å². The lowest BCUT2D eigenvalue weighted by Crippen LogP contribution is -2.00. The van der Waals surface area contributed by atoms with Crippen molar-refractivity contribution < 1.29 is 4.42 Å². The van der Waals surface area contributed by atoms with Crippen molar-refractivity contribution >= 4 is 43.5 Å². The van der Waals surface area contributed by atoms with Crippen LogP contribution >= 0.6 is 0 Å². The number of hydrogen-bond acceptors (Lipinski definition) is 5. The molecule has 9 rings (SSSR count). The zero-order valence-electron chi connectivity index (χ0n) is 24.1. The monoisotopic (exact) mass is 576 g/mol. The molecule has 9 aromatic rings. The van der Waals surface area contributed by atoms with E-state index in [-0.39, 0.29) is 0 Å². The molecule has 0 unspecified atom stereocenters. The van der Waals surface area contributed by atoms with Gasteiger partial charge in [0.05, 0.1) is 6.20 Å². The molecule has 0 bridgehead atoms. The molecule has 0 saturated carbocycles. The number of pyridine rings is 1. The van der Waals surface area contributed by atoms with Gasteiger partial charge >= 0.3 is 0 Å². The summed E-state index contributed by atoms with van der Waals surface area (Å²) < 4.78 is 6.41. The molecule has 45 heavy (non-hydrogen) atoms. The van der Waals surface area contributed by atoms with Crippen molar-refractivity contribution in [3.8, 4) is 45.3 Å². The third-order valence-electron chi connectivity index (χ3n) is 8.37. The number of furan rings is 1. The molecular formula is C40H24N4O. The summed E-state index contributed by atoms with van der Waals surface area (Å²) in [6, 6.07) is 45.9. The highest BCUT2D eigenvalue weighted by Crippen LogP contribution is 2.40. The summed E-state index contributed by atoms with van der Waals surface area (Å²) in [5.41, 5.74) is 6.31. The van der Waals surface area contributed by atoms with Gasteiger partial charge in [-0.25, -0.2) is 15.0 Å². The van der Waals surface area contributed by atoms with Crippen LogP contribution in [0.3, 0.4) is 0 Å². The zero-order chi connectivity index (χ0) is 29.7. The summed E-state index contributed by atoms with van der Waals surface area (Å²) in [5.74, 6) is 1.81. The van der Waals surface area contributed by atoms with E-state index >= 15 is 0 Å². The molecule has 0 aliphatic heterocycles. The van der Waals surface area contributed by atoms with Gasteiger partial charge in [0.25, 0.3) is 0 Å². The van der Waals surface area contributed by atoms with Gasteiger partial charge in [-0.3, -0.25) is 4.98 Å². The van der Waals surface area contributed by atoms with Crippen LogP contribution in [-0.4, -0.2) is 19.9 Å². The number of nitrogens with zero attached hydrogens (tertiary/aromatic N) is 4. The van der Waals surface area contributed by atoms with E-state index in [1.807, 2.05) is 42.5 Å². The van der Waals surface area contributed by atoms with Crippen LogP contribution in [0.15, 0.2) is 150 Å². The summed E-state index contributed by atoms with van der Waals surface area (Å²) in [6.45, 7) is 0. The Balaban J connectivity index is 1.33. The second kappa shape index (κ2) is 10.2. The van der Waals surface area contributed by atoms with Gasteiger partial charge in [0.15, 0.2) is 23.1 Å². The predicted molar refractivity (Wildman–Crippen MR) is 182 cm³/mol. The molecule has 0 aliphatic rings. The quantitative estimate of drug-likeness (QED) is 0.209. The first-order valence-electron chi connectivity index (χ1n) is 14.9. The number of benzene rings is 6. The second-order valence-electron chi connectivity index (χ2n) is 11.2. The van der Waals surface area contributed by atoms with E-state index in [0.29, 0.717) is 17.5 Å². The molecule has 210 valence electrons. The van der Waals surface area contributed by atoms with Crippen molar-refractivity contribution in [1.29, 1.82) is 0 Å². The summed E-state index contributed by atoms with van der Waals surface area (Å²) in [4.78, 5) is 19.6. The fourth-order valence-electron chi connectivity index (χ4n) is 6.14. The van der Waals surface area contributed by atoms with E-state index in [2.05, 4.69) is 96.0 Å². The molecule has 3 heterocycles. The van der Waals surface area contributed by atoms with Gasteiger partial charge < -0.3 is 4.42 Å². The summed E-state index contributed by atoms with van der Waals surface area (Å²) >= 11 is 0. The minimum Gasteiger partial charge on any atom is -0.454 e. The number of fused-ring (bicyclic) bond motifs is 5. The lowest BCUT2D eigenvalue weighted by atomic mass is 9.96. The largest absolute Gasteiger partial charge is 0.454 e. The molecule has 0 fully saturated rings. The minimum atomic E-state index is 0.583. The average Bonchev–Trinajstić information content (AvgIpc) is 3.49. The Labute approximate surface area is 258 Å². The van der Waals surface area contributed by atoms with Crippen LogP contribution in [0.1, 0.15) is 0 Å². The molecule has 0 aliphatic carbocycles. The molecule has 3 aromatic heterocycles. The standard InChI is InChI=1S/C40H24N4O/c1-2-10-27(11-3-1)38-42-39(31-17-15-26-9-5-7-13-29(26)21-31)44-40(43-38)34-22-32(30-16-14-25-8-4-6-12-28(25)20-30)23-35-37(34)33-18-19-41-24-36(33)45-35/h1-24H. The Morgan fingerprint density at radius 1 is 0.422 bits per heavy atom. The van der Waals surface area contributed by atoms with E-state index in [0.717, 1.165) is 55.1 Å². The minimum absolute atomic E-state index is 0.583. The van der Waals surface area contributed by atoms with Crippen LogP contribution in [0.25, 0.3) is 88.8 Å². The van der Waals surface area contributed by atoms with Crippen LogP contribution in [0.4, 0.5) is 0 Å². The maximum absolute atomic E-state index is 6.41. The van der Waals surface area contributed by atoms with Crippen molar-refractivity contribution in [3.63, 3.8) is 0 Å². The molecule has 0 spiro atoms. The molecule has 0 amide bonds. The highest BCUT2D eigenvalue weighted by Gasteiger charge is 2.20. The fourth-order valence-corrected chi connectivity index (χ4v) is 6.14. The molecule has 0 saturated heterocycles. The van der Waals surface area contributed by atoms with E-state index in [1.165, 1.54) is 16.2 Å². The third-order valence-corrected chi connectivity index (χ3v) is 8.37. The first-order chi connectivity index (χ1) is 22.3. The molecule has 0 N–H and O–H groups in total. The van der Waals surface area contributed by atoms with Gasteiger partial charge in [0, 0.05) is 33.7 Å². The second-order valence-corrected chi connectivity index (χ2v) is 11.2. The van der Waals surface area contributed by atoms with Crippen molar-refractivity contribution in [2.45, 2.75) is 0 Å². The van der Waals surface area contributed by atoms with Crippen molar-refractivity contribution in [2.75, 3.05) is 0 Å². The van der Waals surface area contributed by atoms with E-state index in [9.17, 15) is 0 Å². The number of hydrogen-bond donors (Lipinski definition) is 0. The van der Waals surface area contributed by atoms with Gasteiger partial charge in [-0.1, -0.05) is 103 Å². The third kappa shape index (κ3) is 4.41. The molecule has 0 atom stereocenters. The maximum atomic E-state index is 6.41. The number of rotatable bonds is 4. The van der Waals surface area contributed by atoms with E-state index < -0.39 is 0 Å². The lowest BCUT2D eigenvalue weighted by Gasteiger charge is -2.12. The van der Waals surface area contributed by atoms with Crippen molar-refractivity contribution in [2.24, 2.45) is 0 Å².